The van der Waals surface area contributed by atoms with Gasteiger partial charge >= 0.3 is 11.9 Å². The fourth-order valence-electron chi connectivity index (χ4n) is 2.74. The molecule has 0 aliphatic heterocycles. The molecule has 1 saturated carbocycles. The topological polar surface area (TPSA) is 61.8 Å². The Kier molecular flexibility index (Phi) is 6.28. The second kappa shape index (κ2) is 7.48. The Morgan fingerprint density at radius 1 is 1.00 bits per heavy atom. The Morgan fingerprint density at radius 2 is 1.47 bits per heavy atom. The first-order chi connectivity index (χ1) is 9.13. The summed E-state index contributed by atoms with van der Waals surface area (Å²) in [5, 5.41) is 0. The zero-order valence-electron chi connectivity index (χ0n) is 12.1. The van der Waals surface area contributed by atoms with Crippen LogP contribution in [-0.4, -0.2) is 37.9 Å². The van der Waals surface area contributed by atoms with E-state index in [1.807, 2.05) is 0 Å². The van der Waals surface area contributed by atoms with Gasteiger partial charge in [0, 0.05) is 13.0 Å². The maximum atomic E-state index is 12.3. The lowest BCUT2D eigenvalue weighted by atomic mass is 9.76. The normalized spacial score (nSPS) is 17.0. The molecule has 0 heterocycles. The number of carbonyl (C=O) groups excluding carboxylic acids is 2. The van der Waals surface area contributed by atoms with Gasteiger partial charge in [0.15, 0.2) is 0 Å². The smallest absolute Gasteiger partial charge is 0.350 e. The van der Waals surface area contributed by atoms with Crippen molar-refractivity contribution in [3.8, 4) is 0 Å². The van der Waals surface area contributed by atoms with E-state index in [2.05, 4.69) is 0 Å². The highest BCUT2D eigenvalue weighted by Gasteiger charge is 2.55. The maximum Gasteiger partial charge on any atom is 0.350 e. The SMILES string of the molecule is CCOC(=O)C(OC)(C(=O)OCC)C1CCCCC1. The highest BCUT2D eigenvalue weighted by molar-refractivity contribution is 6.04. The molecular weight excluding hydrogens is 248 g/mol. The zero-order chi connectivity index (χ0) is 14.3. The molecule has 0 spiro atoms. The van der Waals surface area contributed by atoms with Gasteiger partial charge in [0.25, 0.3) is 5.60 Å². The lowest BCUT2D eigenvalue weighted by Crippen LogP contribution is -2.56. The van der Waals surface area contributed by atoms with E-state index in [0.29, 0.717) is 0 Å². The van der Waals surface area contributed by atoms with Gasteiger partial charge in [0.1, 0.15) is 0 Å². The van der Waals surface area contributed by atoms with Crippen molar-refractivity contribution in [3.05, 3.63) is 0 Å². The number of carbonyl (C=O) groups is 2. The quantitative estimate of drug-likeness (QED) is 0.547. The van der Waals surface area contributed by atoms with Crippen molar-refractivity contribution < 1.29 is 23.8 Å². The van der Waals surface area contributed by atoms with Gasteiger partial charge in [-0.3, -0.25) is 0 Å². The molecule has 0 bridgehead atoms. The van der Waals surface area contributed by atoms with Gasteiger partial charge in [-0.15, -0.1) is 0 Å². The van der Waals surface area contributed by atoms with Gasteiger partial charge in [-0.25, -0.2) is 9.59 Å². The van der Waals surface area contributed by atoms with E-state index in [9.17, 15) is 9.59 Å². The molecule has 5 heteroatoms. The van der Waals surface area contributed by atoms with Crippen molar-refractivity contribution in [2.75, 3.05) is 20.3 Å². The molecule has 0 amide bonds. The standard InChI is InChI=1S/C14H24O5/c1-4-18-12(15)14(17-3,13(16)19-5-2)11-9-7-6-8-10-11/h11H,4-10H2,1-3H3. The molecule has 110 valence electrons. The van der Waals surface area contributed by atoms with Crippen LogP contribution < -0.4 is 0 Å². The number of hydrogen-bond acceptors (Lipinski definition) is 5. The van der Waals surface area contributed by atoms with Crippen LogP contribution in [0.4, 0.5) is 0 Å². The van der Waals surface area contributed by atoms with Crippen molar-refractivity contribution in [1.29, 1.82) is 0 Å². The van der Waals surface area contributed by atoms with E-state index in [-0.39, 0.29) is 19.1 Å². The minimum Gasteiger partial charge on any atom is -0.463 e. The minimum atomic E-state index is -1.59. The van der Waals surface area contributed by atoms with Gasteiger partial charge in [-0.2, -0.15) is 0 Å². The van der Waals surface area contributed by atoms with Crippen molar-refractivity contribution in [3.63, 3.8) is 0 Å². The average Bonchev–Trinajstić information content (AvgIpc) is 2.42. The van der Waals surface area contributed by atoms with Gasteiger partial charge in [-0.05, 0) is 26.7 Å². The van der Waals surface area contributed by atoms with Crippen LogP contribution in [0.3, 0.4) is 0 Å². The molecule has 0 aromatic rings. The van der Waals surface area contributed by atoms with Gasteiger partial charge in [0.2, 0.25) is 0 Å². The Hall–Kier alpha value is -1.10. The van der Waals surface area contributed by atoms with Crippen LogP contribution in [0.5, 0.6) is 0 Å². The second-order valence-electron chi connectivity index (χ2n) is 4.72. The van der Waals surface area contributed by atoms with Gasteiger partial charge in [0.05, 0.1) is 13.2 Å². The molecule has 0 aromatic carbocycles. The van der Waals surface area contributed by atoms with E-state index < -0.39 is 17.5 Å². The first kappa shape index (κ1) is 16.0. The minimum absolute atomic E-state index is 0.163. The summed E-state index contributed by atoms with van der Waals surface area (Å²) in [5.41, 5.74) is -1.59. The predicted molar refractivity (Wildman–Crippen MR) is 69.6 cm³/mol. The molecule has 1 rings (SSSR count). The highest BCUT2D eigenvalue weighted by atomic mass is 16.6. The maximum absolute atomic E-state index is 12.3. The van der Waals surface area contributed by atoms with Crippen LogP contribution in [0.2, 0.25) is 0 Å². The van der Waals surface area contributed by atoms with E-state index in [0.717, 1.165) is 32.1 Å². The molecule has 19 heavy (non-hydrogen) atoms. The van der Waals surface area contributed by atoms with Crippen LogP contribution >= 0.6 is 0 Å². The van der Waals surface area contributed by atoms with E-state index in [1.54, 1.807) is 13.8 Å². The summed E-state index contributed by atoms with van der Waals surface area (Å²) in [5.74, 6) is -1.41. The molecule has 0 atom stereocenters. The zero-order valence-corrected chi connectivity index (χ0v) is 12.1. The molecule has 1 aliphatic rings. The Balaban J connectivity index is 3.03. The van der Waals surface area contributed by atoms with Crippen molar-refractivity contribution in [2.24, 2.45) is 5.92 Å². The first-order valence-corrected chi connectivity index (χ1v) is 7.03. The lowest BCUT2D eigenvalue weighted by Gasteiger charge is -2.36. The fraction of sp³-hybridized carbons (Fsp3) is 0.857. The Labute approximate surface area is 114 Å². The summed E-state index contributed by atoms with van der Waals surface area (Å²) >= 11 is 0. The number of methoxy groups -OCH3 is 1. The van der Waals surface area contributed by atoms with Crippen LogP contribution in [0.15, 0.2) is 0 Å². The van der Waals surface area contributed by atoms with Gasteiger partial charge in [-0.1, -0.05) is 19.3 Å². The van der Waals surface area contributed by atoms with Crippen molar-refractivity contribution in [2.45, 2.75) is 51.6 Å². The second-order valence-corrected chi connectivity index (χ2v) is 4.72. The molecule has 5 nitrogen and oxygen atoms in total. The van der Waals surface area contributed by atoms with Crippen LogP contribution in [0, 0.1) is 5.92 Å². The molecule has 1 fully saturated rings. The van der Waals surface area contributed by atoms with Crippen LogP contribution in [0.1, 0.15) is 46.0 Å². The molecule has 0 saturated heterocycles. The van der Waals surface area contributed by atoms with Crippen LogP contribution in [0.25, 0.3) is 0 Å². The lowest BCUT2D eigenvalue weighted by molar-refractivity contribution is -0.196. The molecule has 1 aliphatic carbocycles. The van der Waals surface area contributed by atoms with E-state index in [1.165, 1.54) is 7.11 Å². The summed E-state index contributed by atoms with van der Waals surface area (Å²) in [6.07, 6.45) is 4.68. The van der Waals surface area contributed by atoms with Crippen LogP contribution in [-0.2, 0) is 23.8 Å². The monoisotopic (exact) mass is 272 g/mol. The summed E-state index contributed by atoms with van der Waals surface area (Å²) in [4.78, 5) is 24.5. The third-order valence-electron chi connectivity index (χ3n) is 3.66. The predicted octanol–water partition coefficient (Wildman–Crippen LogP) is 2.08. The van der Waals surface area contributed by atoms with E-state index >= 15 is 0 Å². The number of hydrogen-bond donors (Lipinski definition) is 0. The number of esters is 2. The highest BCUT2D eigenvalue weighted by Crippen LogP contribution is 2.37. The third-order valence-corrected chi connectivity index (χ3v) is 3.66. The third kappa shape index (κ3) is 3.26. The van der Waals surface area contributed by atoms with Crippen molar-refractivity contribution >= 4 is 11.9 Å². The molecule has 0 radical (unpaired) electrons. The summed E-state index contributed by atoms with van der Waals surface area (Å²) in [6.45, 7) is 3.86. The number of rotatable bonds is 6. The molecule has 0 unspecified atom stereocenters. The molecule has 0 aromatic heterocycles. The number of ether oxygens (including phenoxy) is 3. The van der Waals surface area contributed by atoms with E-state index in [4.69, 9.17) is 14.2 Å². The Morgan fingerprint density at radius 3 is 1.84 bits per heavy atom. The summed E-state index contributed by atoms with van der Waals surface area (Å²) < 4.78 is 15.5. The summed E-state index contributed by atoms with van der Waals surface area (Å²) in [7, 11) is 1.38. The Bertz CT molecular complexity index is 289. The molecular formula is C14H24O5. The molecule has 0 N–H and O–H groups in total. The average molecular weight is 272 g/mol. The fourth-order valence-corrected chi connectivity index (χ4v) is 2.74. The largest absolute Gasteiger partial charge is 0.463 e. The first-order valence-electron chi connectivity index (χ1n) is 7.03. The van der Waals surface area contributed by atoms with Gasteiger partial charge < -0.3 is 14.2 Å². The summed E-state index contributed by atoms with van der Waals surface area (Å²) in [6, 6.07) is 0. The van der Waals surface area contributed by atoms with Crippen molar-refractivity contribution in [1.82, 2.24) is 0 Å².